The van der Waals surface area contributed by atoms with Crippen LogP contribution in [-0.2, 0) is 0 Å². The third kappa shape index (κ3) is 3.12. The molecule has 1 aromatic carbocycles. The minimum atomic E-state index is -0.324. The average Bonchev–Trinajstić information content (AvgIpc) is 2.71. The van der Waals surface area contributed by atoms with Crippen molar-refractivity contribution in [2.24, 2.45) is 11.8 Å². The summed E-state index contributed by atoms with van der Waals surface area (Å²) in [6, 6.07) is 8.32. The Balaban J connectivity index is 2.11. The molecular weight excluding hydrogens is 240 g/mol. The standard InChI is InChI=1S/C16H22OS/c1-11(2)8-12(3)9-15(17)14-10-18-16-7-5-4-6-13(14)16/h4-7,10-12,15,17H,8-9H2,1-3H3. The second-order valence-corrected chi connectivity index (χ2v) is 6.58. The van der Waals surface area contributed by atoms with Gasteiger partial charge in [0.05, 0.1) is 6.10 Å². The van der Waals surface area contributed by atoms with Gasteiger partial charge in [0, 0.05) is 4.70 Å². The van der Waals surface area contributed by atoms with E-state index in [1.165, 1.54) is 16.5 Å². The van der Waals surface area contributed by atoms with E-state index >= 15 is 0 Å². The van der Waals surface area contributed by atoms with Gasteiger partial charge in [-0.2, -0.15) is 0 Å². The molecule has 1 nitrogen and oxygen atoms in total. The highest BCUT2D eigenvalue weighted by Gasteiger charge is 2.16. The molecule has 0 spiro atoms. The number of aliphatic hydroxyl groups excluding tert-OH is 1. The van der Waals surface area contributed by atoms with Gasteiger partial charge in [-0.15, -0.1) is 11.3 Å². The molecule has 2 rings (SSSR count). The molecular formula is C16H22OS. The van der Waals surface area contributed by atoms with Crippen molar-refractivity contribution in [3.63, 3.8) is 0 Å². The van der Waals surface area contributed by atoms with Gasteiger partial charge in [-0.1, -0.05) is 39.0 Å². The van der Waals surface area contributed by atoms with E-state index < -0.39 is 0 Å². The molecule has 0 saturated heterocycles. The number of hydrogen-bond donors (Lipinski definition) is 1. The molecule has 98 valence electrons. The minimum Gasteiger partial charge on any atom is -0.388 e. The Morgan fingerprint density at radius 3 is 2.56 bits per heavy atom. The number of hydrogen-bond acceptors (Lipinski definition) is 2. The highest BCUT2D eigenvalue weighted by Crippen LogP contribution is 2.33. The van der Waals surface area contributed by atoms with E-state index in [0.29, 0.717) is 11.8 Å². The number of aliphatic hydroxyl groups is 1. The van der Waals surface area contributed by atoms with Crippen molar-refractivity contribution in [1.29, 1.82) is 0 Å². The van der Waals surface area contributed by atoms with Gasteiger partial charge in [-0.3, -0.25) is 0 Å². The van der Waals surface area contributed by atoms with Crippen LogP contribution in [0.1, 0.15) is 45.3 Å². The first-order chi connectivity index (χ1) is 8.58. The van der Waals surface area contributed by atoms with Crippen molar-refractivity contribution in [2.45, 2.75) is 39.7 Å². The first kappa shape index (κ1) is 13.6. The summed E-state index contributed by atoms with van der Waals surface area (Å²) in [5.41, 5.74) is 1.10. The van der Waals surface area contributed by atoms with Gasteiger partial charge in [-0.05, 0) is 47.1 Å². The number of rotatable bonds is 5. The van der Waals surface area contributed by atoms with E-state index in [2.05, 4.69) is 44.4 Å². The summed E-state index contributed by atoms with van der Waals surface area (Å²) in [5, 5.41) is 13.7. The van der Waals surface area contributed by atoms with Crippen LogP contribution in [0.5, 0.6) is 0 Å². The fraction of sp³-hybridized carbons (Fsp3) is 0.500. The van der Waals surface area contributed by atoms with Gasteiger partial charge in [0.25, 0.3) is 0 Å². The van der Waals surface area contributed by atoms with Crippen LogP contribution in [0.4, 0.5) is 0 Å². The van der Waals surface area contributed by atoms with E-state index in [1.54, 1.807) is 11.3 Å². The Hall–Kier alpha value is -0.860. The molecule has 2 atom stereocenters. The number of fused-ring (bicyclic) bond motifs is 1. The molecule has 0 bridgehead atoms. The summed E-state index contributed by atoms with van der Waals surface area (Å²) in [4.78, 5) is 0. The van der Waals surface area contributed by atoms with Crippen molar-refractivity contribution in [3.05, 3.63) is 35.2 Å². The largest absolute Gasteiger partial charge is 0.388 e. The Morgan fingerprint density at radius 2 is 1.83 bits per heavy atom. The van der Waals surface area contributed by atoms with Gasteiger partial charge >= 0.3 is 0 Å². The predicted molar refractivity (Wildman–Crippen MR) is 80.0 cm³/mol. The van der Waals surface area contributed by atoms with Gasteiger partial charge in [-0.25, -0.2) is 0 Å². The smallest absolute Gasteiger partial charge is 0.0806 e. The van der Waals surface area contributed by atoms with E-state index in [-0.39, 0.29) is 6.10 Å². The van der Waals surface area contributed by atoms with Crippen LogP contribution >= 0.6 is 11.3 Å². The summed E-state index contributed by atoms with van der Waals surface area (Å²) in [5.74, 6) is 1.27. The van der Waals surface area contributed by atoms with Crippen LogP contribution in [0, 0.1) is 11.8 Å². The molecule has 0 aliphatic heterocycles. The van der Waals surface area contributed by atoms with Gasteiger partial charge in [0.2, 0.25) is 0 Å². The minimum absolute atomic E-state index is 0.324. The molecule has 0 aliphatic carbocycles. The fourth-order valence-corrected chi connectivity index (χ4v) is 3.67. The Bertz CT molecular complexity index is 501. The zero-order chi connectivity index (χ0) is 13.1. The molecule has 0 radical (unpaired) electrons. The van der Waals surface area contributed by atoms with Crippen LogP contribution in [-0.4, -0.2) is 5.11 Å². The van der Waals surface area contributed by atoms with E-state index in [0.717, 1.165) is 12.0 Å². The van der Waals surface area contributed by atoms with Crippen molar-refractivity contribution in [1.82, 2.24) is 0 Å². The molecule has 18 heavy (non-hydrogen) atoms. The number of benzene rings is 1. The molecule has 1 aromatic heterocycles. The molecule has 2 unspecified atom stereocenters. The first-order valence-corrected chi connectivity index (χ1v) is 7.60. The van der Waals surface area contributed by atoms with Crippen LogP contribution in [0.2, 0.25) is 0 Å². The Kier molecular flexibility index (Phi) is 4.41. The predicted octanol–water partition coefficient (Wildman–Crippen LogP) is 5.01. The summed E-state index contributed by atoms with van der Waals surface area (Å²) in [6.45, 7) is 6.71. The topological polar surface area (TPSA) is 20.2 Å². The monoisotopic (exact) mass is 262 g/mol. The van der Waals surface area contributed by atoms with Crippen LogP contribution in [0.15, 0.2) is 29.6 Å². The summed E-state index contributed by atoms with van der Waals surface area (Å²) in [7, 11) is 0. The third-order valence-corrected chi connectivity index (χ3v) is 4.35. The van der Waals surface area contributed by atoms with E-state index in [1.807, 2.05) is 6.07 Å². The molecule has 0 aliphatic rings. The lowest BCUT2D eigenvalue weighted by Crippen LogP contribution is -2.06. The number of thiophene rings is 1. The van der Waals surface area contributed by atoms with Crippen LogP contribution in [0.25, 0.3) is 10.1 Å². The van der Waals surface area contributed by atoms with Crippen molar-refractivity contribution in [2.75, 3.05) is 0 Å². The Labute approximate surface area is 113 Å². The van der Waals surface area contributed by atoms with Crippen molar-refractivity contribution in [3.8, 4) is 0 Å². The van der Waals surface area contributed by atoms with Gasteiger partial charge in [0.15, 0.2) is 0 Å². The quantitative estimate of drug-likeness (QED) is 0.803. The summed E-state index contributed by atoms with van der Waals surface area (Å²) < 4.78 is 1.27. The van der Waals surface area contributed by atoms with Crippen molar-refractivity contribution < 1.29 is 5.11 Å². The maximum atomic E-state index is 10.4. The van der Waals surface area contributed by atoms with Gasteiger partial charge < -0.3 is 5.11 Å². The van der Waals surface area contributed by atoms with Gasteiger partial charge in [0.1, 0.15) is 0 Å². The zero-order valence-corrected chi connectivity index (χ0v) is 12.2. The summed E-state index contributed by atoms with van der Waals surface area (Å²) in [6.07, 6.45) is 1.72. The lowest BCUT2D eigenvalue weighted by molar-refractivity contribution is 0.143. The highest BCUT2D eigenvalue weighted by molar-refractivity contribution is 7.17. The lowest BCUT2D eigenvalue weighted by Gasteiger charge is -2.18. The maximum absolute atomic E-state index is 10.4. The normalized spacial score (nSPS) is 15.2. The van der Waals surface area contributed by atoms with E-state index in [4.69, 9.17) is 0 Å². The SMILES string of the molecule is CC(C)CC(C)CC(O)c1csc2ccccc12. The molecule has 0 amide bonds. The van der Waals surface area contributed by atoms with Crippen LogP contribution < -0.4 is 0 Å². The fourth-order valence-electron chi connectivity index (χ4n) is 2.67. The molecule has 0 saturated carbocycles. The van der Waals surface area contributed by atoms with Crippen molar-refractivity contribution >= 4 is 21.4 Å². The third-order valence-electron chi connectivity index (χ3n) is 3.37. The Morgan fingerprint density at radius 1 is 1.11 bits per heavy atom. The molecule has 2 heteroatoms. The molecule has 1 heterocycles. The second-order valence-electron chi connectivity index (χ2n) is 5.67. The molecule has 0 fully saturated rings. The maximum Gasteiger partial charge on any atom is 0.0806 e. The molecule has 2 aromatic rings. The highest BCUT2D eigenvalue weighted by atomic mass is 32.1. The first-order valence-electron chi connectivity index (χ1n) is 6.72. The summed E-state index contributed by atoms with van der Waals surface area (Å²) >= 11 is 1.72. The van der Waals surface area contributed by atoms with Crippen LogP contribution in [0.3, 0.4) is 0 Å². The average molecular weight is 262 g/mol. The second kappa shape index (κ2) is 5.85. The van der Waals surface area contributed by atoms with E-state index in [9.17, 15) is 5.11 Å². The molecule has 1 N–H and O–H groups in total. The zero-order valence-electron chi connectivity index (χ0n) is 11.4. The lowest BCUT2D eigenvalue weighted by atomic mass is 9.91.